The Balaban J connectivity index is 1.96. The maximum absolute atomic E-state index is 12.9. The lowest BCUT2D eigenvalue weighted by Gasteiger charge is -2.09. The molecule has 0 saturated carbocycles. The third-order valence-corrected chi connectivity index (χ3v) is 5.52. The van der Waals surface area contributed by atoms with Crippen molar-refractivity contribution in [2.75, 3.05) is 5.32 Å². The molecule has 0 saturated heterocycles. The zero-order valence-corrected chi connectivity index (χ0v) is 16.5. The number of rotatable bonds is 7. The SMILES string of the molecule is CCCn1nc(C(=O)Nc2nnc(C(CC)CC)s2)c2ccccc2c1=O. The molecule has 2 aromatic heterocycles. The third kappa shape index (κ3) is 3.90. The summed E-state index contributed by atoms with van der Waals surface area (Å²) in [5.41, 5.74) is 0.0360. The molecule has 0 bridgehead atoms. The maximum atomic E-state index is 12.9. The number of benzene rings is 1. The van der Waals surface area contributed by atoms with Crippen LogP contribution in [0, 0.1) is 0 Å². The zero-order chi connectivity index (χ0) is 19.4. The minimum absolute atomic E-state index is 0.184. The average molecular weight is 385 g/mol. The highest BCUT2D eigenvalue weighted by atomic mass is 32.1. The van der Waals surface area contributed by atoms with Gasteiger partial charge in [-0.3, -0.25) is 14.9 Å². The summed E-state index contributed by atoms with van der Waals surface area (Å²) in [6.45, 7) is 6.65. The van der Waals surface area contributed by atoms with Crippen molar-refractivity contribution in [1.82, 2.24) is 20.0 Å². The fourth-order valence-electron chi connectivity index (χ4n) is 3.01. The van der Waals surface area contributed by atoms with Crippen LogP contribution >= 0.6 is 11.3 Å². The van der Waals surface area contributed by atoms with Gasteiger partial charge in [0.1, 0.15) is 5.01 Å². The predicted octanol–water partition coefficient (Wildman–Crippen LogP) is 3.81. The van der Waals surface area contributed by atoms with E-state index in [2.05, 4.69) is 34.5 Å². The second kappa shape index (κ2) is 8.39. The molecule has 1 amide bonds. The van der Waals surface area contributed by atoms with Crippen molar-refractivity contribution in [3.05, 3.63) is 45.3 Å². The number of fused-ring (bicyclic) bond motifs is 1. The van der Waals surface area contributed by atoms with Gasteiger partial charge in [0.15, 0.2) is 5.69 Å². The van der Waals surface area contributed by atoms with E-state index in [1.807, 2.05) is 6.92 Å². The minimum atomic E-state index is -0.386. The first-order chi connectivity index (χ1) is 13.1. The van der Waals surface area contributed by atoms with Crippen LogP contribution in [-0.4, -0.2) is 25.9 Å². The van der Waals surface area contributed by atoms with Crippen molar-refractivity contribution >= 4 is 33.1 Å². The second-order valence-corrected chi connectivity index (χ2v) is 7.34. The summed E-state index contributed by atoms with van der Waals surface area (Å²) >= 11 is 1.39. The van der Waals surface area contributed by atoms with Gasteiger partial charge in [0.2, 0.25) is 5.13 Å². The average Bonchev–Trinajstić information content (AvgIpc) is 3.13. The minimum Gasteiger partial charge on any atom is -0.295 e. The summed E-state index contributed by atoms with van der Waals surface area (Å²) in [7, 11) is 0. The van der Waals surface area contributed by atoms with Crippen LogP contribution in [0.3, 0.4) is 0 Å². The molecule has 0 radical (unpaired) electrons. The Labute approximate surface area is 161 Å². The molecular weight excluding hydrogens is 362 g/mol. The highest BCUT2D eigenvalue weighted by molar-refractivity contribution is 7.15. The number of anilines is 1. The van der Waals surface area contributed by atoms with E-state index in [4.69, 9.17) is 0 Å². The highest BCUT2D eigenvalue weighted by Crippen LogP contribution is 2.28. The van der Waals surface area contributed by atoms with Gasteiger partial charge in [-0.1, -0.05) is 50.3 Å². The lowest BCUT2D eigenvalue weighted by Crippen LogP contribution is -2.27. The predicted molar refractivity (Wildman–Crippen MR) is 107 cm³/mol. The molecule has 142 valence electrons. The molecule has 3 aromatic rings. The molecule has 2 heterocycles. The molecular formula is C19H23N5O2S. The Kier molecular flexibility index (Phi) is 5.95. The summed E-state index contributed by atoms with van der Waals surface area (Å²) in [5.74, 6) is -0.0399. The molecule has 7 nitrogen and oxygen atoms in total. The smallest absolute Gasteiger partial charge is 0.278 e. The molecule has 0 aliphatic rings. The van der Waals surface area contributed by atoms with E-state index in [-0.39, 0.29) is 17.2 Å². The lowest BCUT2D eigenvalue weighted by atomic mass is 10.1. The number of amides is 1. The second-order valence-electron chi connectivity index (χ2n) is 6.34. The first-order valence-corrected chi connectivity index (χ1v) is 10.0. The largest absolute Gasteiger partial charge is 0.295 e. The van der Waals surface area contributed by atoms with E-state index < -0.39 is 0 Å². The van der Waals surface area contributed by atoms with Crippen LogP contribution in [0.4, 0.5) is 5.13 Å². The Morgan fingerprint density at radius 2 is 1.85 bits per heavy atom. The molecule has 0 aliphatic heterocycles. The molecule has 0 unspecified atom stereocenters. The molecule has 1 N–H and O–H groups in total. The van der Waals surface area contributed by atoms with Gasteiger partial charge < -0.3 is 0 Å². The van der Waals surface area contributed by atoms with Crippen LogP contribution in [0.25, 0.3) is 10.8 Å². The van der Waals surface area contributed by atoms with Gasteiger partial charge in [-0.05, 0) is 25.3 Å². The first-order valence-electron chi connectivity index (χ1n) is 9.23. The Morgan fingerprint density at radius 1 is 1.15 bits per heavy atom. The van der Waals surface area contributed by atoms with Gasteiger partial charge in [-0.25, -0.2) is 4.68 Å². The topological polar surface area (TPSA) is 89.8 Å². The number of hydrogen-bond donors (Lipinski definition) is 1. The Morgan fingerprint density at radius 3 is 2.52 bits per heavy atom. The Bertz CT molecular complexity index is 1010. The molecule has 8 heteroatoms. The van der Waals surface area contributed by atoms with Crippen molar-refractivity contribution in [2.24, 2.45) is 0 Å². The number of nitrogens with one attached hydrogen (secondary N) is 1. The van der Waals surface area contributed by atoms with E-state index in [0.717, 1.165) is 24.3 Å². The number of aryl methyl sites for hydroxylation is 1. The number of carbonyl (C=O) groups excluding carboxylic acids is 1. The molecule has 0 atom stereocenters. The van der Waals surface area contributed by atoms with E-state index in [9.17, 15) is 9.59 Å². The standard InChI is InChI=1S/C19H23N5O2S/c1-4-11-24-18(26)14-10-8-7-9-13(14)15(23-24)16(25)20-19-22-21-17(27-19)12(5-2)6-3/h7-10,12H,4-6,11H2,1-3H3,(H,20,22,25). The van der Waals surface area contributed by atoms with E-state index in [0.29, 0.717) is 28.4 Å². The highest BCUT2D eigenvalue weighted by Gasteiger charge is 2.19. The van der Waals surface area contributed by atoms with Crippen LogP contribution in [0.15, 0.2) is 29.1 Å². The lowest BCUT2D eigenvalue weighted by molar-refractivity contribution is 0.102. The van der Waals surface area contributed by atoms with Crippen molar-refractivity contribution in [3.8, 4) is 0 Å². The van der Waals surface area contributed by atoms with Crippen LogP contribution in [0.1, 0.15) is 61.4 Å². The molecule has 1 aromatic carbocycles. The molecule has 3 rings (SSSR count). The monoisotopic (exact) mass is 385 g/mol. The number of hydrogen-bond acceptors (Lipinski definition) is 6. The number of nitrogens with zero attached hydrogens (tertiary/aromatic N) is 4. The fourth-order valence-corrected chi connectivity index (χ4v) is 4.02. The van der Waals surface area contributed by atoms with Gasteiger partial charge in [0, 0.05) is 17.8 Å². The molecule has 0 aliphatic carbocycles. The van der Waals surface area contributed by atoms with Gasteiger partial charge in [0.25, 0.3) is 11.5 Å². The number of aromatic nitrogens is 4. The van der Waals surface area contributed by atoms with Gasteiger partial charge in [-0.15, -0.1) is 10.2 Å². The normalized spacial score (nSPS) is 11.3. The van der Waals surface area contributed by atoms with Crippen LogP contribution < -0.4 is 10.9 Å². The first kappa shape index (κ1) is 19.2. The van der Waals surface area contributed by atoms with Crippen molar-refractivity contribution in [1.29, 1.82) is 0 Å². The zero-order valence-electron chi connectivity index (χ0n) is 15.7. The maximum Gasteiger partial charge on any atom is 0.278 e. The molecule has 0 spiro atoms. The van der Waals surface area contributed by atoms with Crippen LogP contribution in [0.2, 0.25) is 0 Å². The van der Waals surface area contributed by atoms with Crippen LogP contribution in [-0.2, 0) is 6.54 Å². The van der Waals surface area contributed by atoms with E-state index >= 15 is 0 Å². The number of carbonyl (C=O) groups is 1. The van der Waals surface area contributed by atoms with E-state index in [1.165, 1.54) is 16.0 Å². The Hall–Kier alpha value is -2.61. The summed E-state index contributed by atoms with van der Waals surface area (Å²) in [5, 5.41) is 17.8. The van der Waals surface area contributed by atoms with Gasteiger partial charge in [0.05, 0.1) is 5.39 Å². The molecule has 0 fully saturated rings. The summed E-state index contributed by atoms with van der Waals surface area (Å²) < 4.78 is 1.35. The van der Waals surface area contributed by atoms with Crippen molar-refractivity contribution < 1.29 is 4.79 Å². The summed E-state index contributed by atoms with van der Waals surface area (Å²) in [6.07, 6.45) is 2.71. The fraction of sp³-hybridized carbons (Fsp3) is 0.421. The summed E-state index contributed by atoms with van der Waals surface area (Å²) in [4.78, 5) is 25.4. The third-order valence-electron chi connectivity index (χ3n) is 4.51. The van der Waals surface area contributed by atoms with Crippen molar-refractivity contribution in [3.63, 3.8) is 0 Å². The summed E-state index contributed by atoms with van der Waals surface area (Å²) in [6, 6.07) is 7.04. The molecule has 27 heavy (non-hydrogen) atoms. The van der Waals surface area contributed by atoms with Gasteiger partial charge in [-0.2, -0.15) is 5.10 Å². The van der Waals surface area contributed by atoms with Crippen LogP contribution in [0.5, 0.6) is 0 Å². The van der Waals surface area contributed by atoms with Gasteiger partial charge >= 0.3 is 0 Å². The quantitative estimate of drug-likeness (QED) is 0.668. The van der Waals surface area contributed by atoms with Crippen molar-refractivity contribution in [2.45, 2.75) is 52.5 Å². The van der Waals surface area contributed by atoms with E-state index in [1.54, 1.807) is 24.3 Å².